The fraction of sp³-hybridized carbons (Fsp3) is 0.0476. The molecule has 5 nitrogen and oxygen atoms in total. The molecule has 0 radical (unpaired) electrons. The lowest BCUT2D eigenvalue weighted by Gasteiger charge is -2.08. The predicted octanol–water partition coefficient (Wildman–Crippen LogP) is 4.86. The SMILES string of the molecule is Nc1nc2ccc(/C(=N/O)C3=CCC=CC=C3)cn2c1-c1ccc(Cl)cc1. The number of pyridine rings is 1. The average Bonchev–Trinajstić information content (AvgIpc) is 2.84. The molecule has 0 saturated carbocycles. The Morgan fingerprint density at radius 2 is 1.96 bits per heavy atom. The molecule has 0 unspecified atom stereocenters. The molecule has 0 saturated heterocycles. The molecule has 3 N–H and O–H groups in total. The second-order valence-electron chi connectivity index (χ2n) is 6.13. The van der Waals surface area contributed by atoms with Gasteiger partial charge >= 0.3 is 0 Å². The minimum Gasteiger partial charge on any atom is -0.410 e. The van der Waals surface area contributed by atoms with E-state index in [9.17, 15) is 5.21 Å². The zero-order valence-corrected chi connectivity index (χ0v) is 15.1. The summed E-state index contributed by atoms with van der Waals surface area (Å²) in [6.45, 7) is 0. The highest BCUT2D eigenvalue weighted by Crippen LogP contribution is 2.29. The highest BCUT2D eigenvalue weighted by Gasteiger charge is 2.15. The van der Waals surface area contributed by atoms with Crippen LogP contribution in [-0.4, -0.2) is 20.3 Å². The molecule has 0 aliphatic heterocycles. The Labute approximate surface area is 161 Å². The zero-order chi connectivity index (χ0) is 18.8. The number of anilines is 1. The topological polar surface area (TPSA) is 75.9 Å². The highest BCUT2D eigenvalue weighted by molar-refractivity contribution is 6.30. The van der Waals surface area contributed by atoms with Gasteiger partial charge in [-0.3, -0.25) is 4.40 Å². The maximum atomic E-state index is 9.65. The number of nitrogens with zero attached hydrogens (tertiary/aromatic N) is 3. The van der Waals surface area contributed by atoms with Crippen molar-refractivity contribution in [3.8, 4) is 11.3 Å². The molecular weight excluding hydrogens is 360 g/mol. The number of hydrogen-bond donors (Lipinski definition) is 2. The minimum absolute atomic E-state index is 0.426. The molecule has 6 heteroatoms. The molecule has 27 heavy (non-hydrogen) atoms. The van der Waals surface area contributed by atoms with Crippen molar-refractivity contribution in [3.05, 3.63) is 89.1 Å². The maximum Gasteiger partial charge on any atom is 0.150 e. The second-order valence-corrected chi connectivity index (χ2v) is 6.57. The summed E-state index contributed by atoms with van der Waals surface area (Å²) in [5.74, 6) is 0.426. The van der Waals surface area contributed by atoms with Gasteiger partial charge in [-0.25, -0.2) is 4.98 Å². The average molecular weight is 377 g/mol. The molecule has 2 aromatic heterocycles. The number of benzene rings is 1. The van der Waals surface area contributed by atoms with E-state index in [-0.39, 0.29) is 0 Å². The van der Waals surface area contributed by atoms with Crippen LogP contribution in [0.5, 0.6) is 0 Å². The van der Waals surface area contributed by atoms with Crippen molar-refractivity contribution in [2.75, 3.05) is 5.73 Å². The van der Waals surface area contributed by atoms with Crippen molar-refractivity contribution < 1.29 is 5.21 Å². The van der Waals surface area contributed by atoms with E-state index in [1.54, 1.807) is 0 Å². The Morgan fingerprint density at radius 3 is 2.74 bits per heavy atom. The van der Waals surface area contributed by atoms with Crippen molar-refractivity contribution in [2.45, 2.75) is 6.42 Å². The third-order valence-corrected chi connectivity index (χ3v) is 4.66. The Bertz CT molecular complexity index is 1120. The molecule has 2 heterocycles. The van der Waals surface area contributed by atoms with E-state index in [2.05, 4.69) is 10.1 Å². The molecule has 3 aromatic rings. The van der Waals surface area contributed by atoms with E-state index >= 15 is 0 Å². The van der Waals surface area contributed by atoms with E-state index in [0.29, 0.717) is 22.2 Å². The quantitative estimate of drug-likeness (QED) is 0.389. The number of nitrogen functional groups attached to an aromatic ring is 1. The van der Waals surface area contributed by atoms with Crippen LogP contribution >= 0.6 is 11.6 Å². The predicted molar refractivity (Wildman–Crippen MR) is 109 cm³/mol. The lowest BCUT2D eigenvalue weighted by atomic mass is 10.0. The zero-order valence-electron chi connectivity index (χ0n) is 14.4. The van der Waals surface area contributed by atoms with Gasteiger partial charge in [-0.05, 0) is 30.7 Å². The number of halogens is 1. The number of aromatic nitrogens is 2. The van der Waals surface area contributed by atoms with E-state index in [4.69, 9.17) is 17.3 Å². The summed E-state index contributed by atoms with van der Waals surface area (Å²) >= 11 is 6.00. The van der Waals surface area contributed by atoms with Crippen LogP contribution < -0.4 is 5.73 Å². The highest BCUT2D eigenvalue weighted by atomic mass is 35.5. The van der Waals surface area contributed by atoms with E-state index in [0.717, 1.165) is 28.8 Å². The van der Waals surface area contributed by atoms with Crippen LogP contribution in [0.25, 0.3) is 16.9 Å². The normalized spacial score (nSPS) is 14.4. The Kier molecular flexibility index (Phi) is 4.52. The van der Waals surface area contributed by atoms with Gasteiger partial charge in [-0.15, -0.1) is 0 Å². The van der Waals surface area contributed by atoms with Gasteiger partial charge in [0.2, 0.25) is 0 Å². The van der Waals surface area contributed by atoms with Crippen LogP contribution in [0.15, 0.2) is 83.7 Å². The van der Waals surface area contributed by atoms with Gasteiger partial charge in [0.1, 0.15) is 11.4 Å². The number of nitrogens with two attached hydrogens (primary N) is 1. The van der Waals surface area contributed by atoms with Crippen molar-refractivity contribution in [3.63, 3.8) is 0 Å². The van der Waals surface area contributed by atoms with Gasteiger partial charge in [0.25, 0.3) is 0 Å². The van der Waals surface area contributed by atoms with Gasteiger partial charge in [0.05, 0.1) is 5.69 Å². The third kappa shape index (κ3) is 3.25. The first-order chi connectivity index (χ1) is 13.2. The summed E-state index contributed by atoms with van der Waals surface area (Å²) < 4.78 is 1.90. The first-order valence-electron chi connectivity index (χ1n) is 8.47. The summed E-state index contributed by atoms with van der Waals surface area (Å²) in [5.41, 5.74) is 10.7. The van der Waals surface area contributed by atoms with E-state index < -0.39 is 0 Å². The number of hydrogen-bond acceptors (Lipinski definition) is 4. The number of imidazole rings is 1. The van der Waals surface area contributed by atoms with Crippen molar-refractivity contribution in [1.82, 2.24) is 9.38 Å². The molecule has 134 valence electrons. The standard InChI is InChI=1S/C21H17ClN4O/c22-17-10-7-15(8-11-17)20-21(23)24-18-12-9-16(13-26(18)20)19(25-27)14-5-3-1-2-4-6-14/h1-3,5-13,27H,4,23H2/b25-19+. The number of allylic oxidation sites excluding steroid dienone is 6. The summed E-state index contributed by atoms with van der Waals surface area (Å²) in [6, 6.07) is 11.2. The van der Waals surface area contributed by atoms with Crippen LogP contribution in [0, 0.1) is 0 Å². The van der Waals surface area contributed by atoms with Crippen molar-refractivity contribution in [2.24, 2.45) is 5.16 Å². The van der Waals surface area contributed by atoms with Crippen LogP contribution in [0.1, 0.15) is 12.0 Å². The second kappa shape index (κ2) is 7.13. The smallest absolute Gasteiger partial charge is 0.150 e. The first-order valence-corrected chi connectivity index (χ1v) is 8.85. The molecular formula is C21H17ClN4O. The lowest BCUT2D eigenvalue weighted by Crippen LogP contribution is -2.06. The van der Waals surface area contributed by atoms with Crippen LogP contribution in [0.2, 0.25) is 5.02 Å². The van der Waals surface area contributed by atoms with Crippen LogP contribution in [0.3, 0.4) is 0 Å². The number of fused-ring (bicyclic) bond motifs is 1. The Morgan fingerprint density at radius 1 is 1.15 bits per heavy atom. The van der Waals surface area contributed by atoms with Crippen molar-refractivity contribution in [1.29, 1.82) is 0 Å². The minimum atomic E-state index is 0.426. The summed E-state index contributed by atoms with van der Waals surface area (Å²) in [5, 5.41) is 13.8. The molecule has 0 atom stereocenters. The fourth-order valence-corrected chi connectivity index (χ4v) is 3.26. The molecule has 0 spiro atoms. The molecule has 0 bridgehead atoms. The van der Waals surface area contributed by atoms with Crippen LogP contribution in [0.4, 0.5) is 5.82 Å². The molecule has 1 aromatic carbocycles. The maximum absolute atomic E-state index is 9.65. The monoisotopic (exact) mass is 376 g/mol. The molecule has 0 fully saturated rings. The summed E-state index contributed by atoms with van der Waals surface area (Å²) in [4.78, 5) is 4.43. The van der Waals surface area contributed by atoms with Gasteiger partial charge in [0, 0.05) is 27.9 Å². The largest absolute Gasteiger partial charge is 0.410 e. The van der Waals surface area contributed by atoms with Crippen molar-refractivity contribution >= 4 is 28.8 Å². The van der Waals surface area contributed by atoms with Gasteiger partial charge in [-0.1, -0.05) is 59.3 Å². The van der Waals surface area contributed by atoms with Gasteiger partial charge < -0.3 is 10.9 Å². The molecule has 1 aliphatic rings. The Hall–Kier alpha value is -3.31. The number of oxime groups is 1. The molecule has 0 amide bonds. The van der Waals surface area contributed by atoms with Gasteiger partial charge in [-0.2, -0.15) is 0 Å². The summed E-state index contributed by atoms with van der Waals surface area (Å²) in [7, 11) is 0. The molecule has 4 rings (SSSR count). The van der Waals surface area contributed by atoms with E-state index in [1.165, 1.54) is 0 Å². The first kappa shape index (κ1) is 17.1. The molecule has 1 aliphatic carbocycles. The number of rotatable bonds is 3. The van der Waals surface area contributed by atoms with E-state index in [1.807, 2.05) is 77.4 Å². The fourth-order valence-electron chi connectivity index (χ4n) is 3.13. The van der Waals surface area contributed by atoms with Gasteiger partial charge in [0.15, 0.2) is 5.82 Å². The summed E-state index contributed by atoms with van der Waals surface area (Å²) in [6.07, 6.45) is 12.5. The van der Waals surface area contributed by atoms with Crippen LogP contribution in [-0.2, 0) is 0 Å². The third-order valence-electron chi connectivity index (χ3n) is 4.41. The lowest BCUT2D eigenvalue weighted by molar-refractivity contribution is 0.319. The Balaban J connectivity index is 1.85.